The molecule has 3 rings (SSSR count). The monoisotopic (exact) mass is 378 g/mol. The summed E-state index contributed by atoms with van der Waals surface area (Å²) in [6.07, 6.45) is 0.956. The van der Waals surface area contributed by atoms with Gasteiger partial charge < -0.3 is 24.6 Å². The van der Waals surface area contributed by atoms with Gasteiger partial charge in [0, 0.05) is 32.1 Å². The lowest BCUT2D eigenvalue weighted by Gasteiger charge is -2.38. The van der Waals surface area contributed by atoms with Crippen LogP contribution in [0.1, 0.15) is 30.1 Å². The van der Waals surface area contributed by atoms with Gasteiger partial charge in [-0.05, 0) is 31.0 Å². The summed E-state index contributed by atoms with van der Waals surface area (Å²) in [5.41, 5.74) is -1.20. The zero-order valence-corrected chi connectivity index (χ0v) is 15.4. The minimum atomic E-state index is -1.55. The normalized spacial score (nSPS) is 20.1. The van der Waals surface area contributed by atoms with E-state index in [4.69, 9.17) is 9.26 Å². The number of aryl methyl sites for hydroxylation is 1. The third-order valence-electron chi connectivity index (χ3n) is 4.59. The number of halogens is 1. The Balaban J connectivity index is 1.63. The van der Waals surface area contributed by atoms with Gasteiger partial charge in [0.05, 0.1) is 13.7 Å². The minimum absolute atomic E-state index is 0.0521. The van der Waals surface area contributed by atoms with E-state index in [1.165, 1.54) is 24.1 Å². The van der Waals surface area contributed by atoms with Crippen molar-refractivity contribution < 1.29 is 23.6 Å². The van der Waals surface area contributed by atoms with Crippen molar-refractivity contribution in [2.75, 3.05) is 20.2 Å². The maximum atomic E-state index is 14.1. The number of methoxy groups -OCH3 is 1. The van der Waals surface area contributed by atoms with Gasteiger partial charge in [-0.15, -0.1) is 0 Å². The zero-order valence-electron chi connectivity index (χ0n) is 15.4. The Labute approximate surface area is 156 Å². The molecule has 2 aromatic rings. The van der Waals surface area contributed by atoms with E-state index in [0.29, 0.717) is 42.4 Å². The Morgan fingerprint density at radius 2 is 2.30 bits per heavy atom. The van der Waals surface area contributed by atoms with E-state index < -0.39 is 17.3 Å². The van der Waals surface area contributed by atoms with Crippen LogP contribution in [0.25, 0.3) is 0 Å². The second-order valence-electron chi connectivity index (χ2n) is 6.65. The maximum absolute atomic E-state index is 14.1. The number of amides is 1. The Morgan fingerprint density at radius 3 is 3.00 bits per heavy atom. The standard InChI is InChI=1S/C18H23FN4O4/c1-12-21-16(22-27-12)9-20-11-18(25)6-3-7-23(17(18)24)10-13-8-14(26-2)4-5-15(13)19/h4-5,8,20,25H,3,6-7,9-11H2,1-2H3/t18-/m1/s1. The van der Waals surface area contributed by atoms with Crippen molar-refractivity contribution in [3.8, 4) is 5.75 Å². The molecule has 9 heteroatoms. The second kappa shape index (κ2) is 8.01. The number of ether oxygens (including phenoxy) is 1. The largest absolute Gasteiger partial charge is 0.497 e. The number of rotatable bonds is 7. The highest BCUT2D eigenvalue weighted by molar-refractivity contribution is 5.86. The molecule has 1 amide bonds. The molecular formula is C18H23FN4O4. The highest BCUT2D eigenvalue weighted by Crippen LogP contribution is 2.25. The molecule has 1 fully saturated rings. The number of hydrogen-bond donors (Lipinski definition) is 2. The third-order valence-corrected chi connectivity index (χ3v) is 4.59. The first-order chi connectivity index (χ1) is 12.9. The maximum Gasteiger partial charge on any atom is 0.256 e. The first kappa shape index (κ1) is 19.2. The Kier molecular flexibility index (Phi) is 5.71. The fraction of sp³-hybridized carbons (Fsp3) is 0.500. The average molecular weight is 378 g/mol. The van der Waals surface area contributed by atoms with Gasteiger partial charge in [0.2, 0.25) is 5.89 Å². The van der Waals surface area contributed by atoms with E-state index in [1.807, 2.05) is 0 Å². The van der Waals surface area contributed by atoms with Gasteiger partial charge in [0.1, 0.15) is 11.6 Å². The summed E-state index contributed by atoms with van der Waals surface area (Å²) in [5.74, 6) is 0.583. The number of aliphatic hydroxyl groups is 1. The quantitative estimate of drug-likeness (QED) is 0.746. The summed E-state index contributed by atoms with van der Waals surface area (Å²) in [6.45, 7) is 2.55. The molecule has 146 valence electrons. The Bertz CT molecular complexity index is 812. The molecule has 1 saturated heterocycles. The van der Waals surface area contributed by atoms with E-state index in [9.17, 15) is 14.3 Å². The van der Waals surface area contributed by atoms with Gasteiger partial charge in [-0.3, -0.25) is 4.79 Å². The zero-order chi connectivity index (χ0) is 19.4. The van der Waals surface area contributed by atoms with E-state index >= 15 is 0 Å². The number of carbonyl (C=O) groups is 1. The van der Waals surface area contributed by atoms with Crippen molar-refractivity contribution in [3.05, 3.63) is 41.3 Å². The highest BCUT2D eigenvalue weighted by atomic mass is 19.1. The molecule has 1 aliphatic rings. The third kappa shape index (κ3) is 4.42. The fourth-order valence-corrected chi connectivity index (χ4v) is 3.18. The molecule has 27 heavy (non-hydrogen) atoms. The number of benzene rings is 1. The lowest BCUT2D eigenvalue weighted by atomic mass is 9.91. The Hall–Kier alpha value is -2.52. The van der Waals surface area contributed by atoms with Crippen molar-refractivity contribution in [2.24, 2.45) is 0 Å². The van der Waals surface area contributed by atoms with Gasteiger partial charge in [-0.2, -0.15) is 4.98 Å². The molecule has 1 aromatic heterocycles. The summed E-state index contributed by atoms with van der Waals surface area (Å²) in [7, 11) is 1.50. The summed E-state index contributed by atoms with van der Waals surface area (Å²) < 4.78 is 24.1. The highest BCUT2D eigenvalue weighted by Gasteiger charge is 2.42. The summed E-state index contributed by atoms with van der Waals surface area (Å²) >= 11 is 0. The molecule has 1 aliphatic heterocycles. The number of nitrogens with one attached hydrogen (secondary N) is 1. The number of piperidine rings is 1. The second-order valence-corrected chi connectivity index (χ2v) is 6.65. The molecule has 0 unspecified atom stereocenters. The number of nitrogens with zero attached hydrogens (tertiary/aromatic N) is 3. The first-order valence-electron chi connectivity index (χ1n) is 8.75. The van der Waals surface area contributed by atoms with Crippen molar-refractivity contribution in [1.29, 1.82) is 0 Å². The van der Waals surface area contributed by atoms with Crippen LogP contribution in [0.2, 0.25) is 0 Å². The predicted octanol–water partition coefficient (Wildman–Crippen LogP) is 1.17. The van der Waals surface area contributed by atoms with Gasteiger partial charge in [0.25, 0.3) is 5.91 Å². The van der Waals surface area contributed by atoms with Crippen LogP contribution in [0.5, 0.6) is 5.75 Å². The summed E-state index contributed by atoms with van der Waals surface area (Å²) in [6, 6.07) is 4.40. The van der Waals surface area contributed by atoms with E-state index in [2.05, 4.69) is 15.5 Å². The molecule has 0 saturated carbocycles. The van der Waals surface area contributed by atoms with Crippen molar-refractivity contribution in [3.63, 3.8) is 0 Å². The molecule has 0 radical (unpaired) electrons. The van der Waals surface area contributed by atoms with Crippen LogP contribution in [0.4, 0.5) is 4.39 Å². The van der Waals surface area contributed by atoms with Crippen LogP contribution in [0, 0.1) is 12.7 Å². The summed E-state index contributed by atoms with van der Waals surface area (Å²) in [5, 5.41) is 17.6. The van der Waals surface area contributed by atoms with Gasteiger partial charge in [0.15, 0.2) is 11.4 Å². The van der Waals surface area contributed by atoms with Gasteiger partial charge in [-0.25, -0.2) is 4.39 Å². The lowest BCUT2D eigenvalue weighted by molar-refractivity contribution is -0.157. The van der Waals surface area contributed by atoms with Crippen molar-refractivity contribution in [2.45, 2.75) is 38.5 Å². The van der Waals surface area contributed by atoms with Crippen LogP contribution >= 0.6 is 0 Å². The smallest absolute Gasteiger partial charge is 0.256 e. The lowest BCUT2D eigenvalue weighted by Crippen LogP contribution is -2.57. The topological polar surface area (TPSA) is 101 Å². The molecule has 1 aromatic carbocycles. The number of hydrogen-bond acceptors (Lipinski definition) is 7. The van der Waals surface area contributed by atoms with Gasteiger partial charge >= 0.3 is 0 Å². The Morgan fingerprint density at radius 1 is 1.48 bits per heavy atom. The SMILES string of the molecule is COc1ccc(F)c(CN2CCC[C@@](O)(CNCc3noc(C)n3)C2=O)c1. The van der Waals surface area contributed by atoms with Gasteiger partial charge in [-0.1, -0.05) is 5.16 Å². The van der Waals surface area contributed by atoms with E-state index in [0.717, 1.165) is 0 Å². The van der Waals surface area contributed by atoms with Crippen molar-refractivity contribution >= 4 is 5.91 Å². The van der Waals surface area contributed by atoms with E-state index in [1.54, 1.807) is 13.0 Å². The number of likely N-dealkylation sites (tertiary alicyclic amines) is 1. The molecular weight excluding hydrogens is 355 g/mol. The molecule has 0 bridgehead atoms. The van der Waals surface area contributed by atoms with Crippen LogP contribution in [-0.2, 0) is 17.9 Å². The van der Waals surface area contributed by atoms with Crippen molar-refractivity contribution in [1.82, 2.24) is 20.4 Å². The van der Waals surface area contributed by atoms with Crippen LogP contribution in [0.3, 0.4) is 0 Å². The average Bonchev–Trinajstić information content (AvgIpc) is 3.06. The molecule has 1 atom stereocenters. The van der Waals surface area contributed by atoms with E-state index in [-0.39, 0.29) is 19.6 Å². The van der Waals surface area contributed by atoms with Crippen LogP contribution in [-0.4, -0.2) is 51.9 Å². The predicted molar refractivity (Wildman–Crippen MR) is 93.3 cm³/mol. The first-order valence-corrected chi connectivity index (χ1v) is 8.75. The molecule has 0 spiro atoms. The molecule has 2 N–H and O–H groups in total. The molecule has 2 heterocycles. The molecule has 8 nitrogen and oxygen atoms in total. The minimum Gasteiger partial charge on any atom is -0.497 e. The summed E-state index contributed by atoms with van der Waals surface area (Å²) in [4.78, 5) is 18.3. The molecule has 0 aliphatic carbocycles. The van der Waals surface area contributed by atoms with Crippen LogP contribution in [0.15, 0.2) is 22.7 Å². The van der Waals surface area contributed by atoms with Crippen LogP contribution < -0.4 is 10.1 Å². The number of aromatic nitrogens is 2. The fourth-order valence-electron chi connectivity index (χ4n) is 3.18. The number of carbonyl (C=O) groups excluding carboxylic acids is 1.